The number of aliphatic hydroxyl groups excluding tert-OH is 1. The Labute approximate surface area is 96.1 Å². The summed E-state index contributed by atoms with van der Waals surface area (Å²) in [7, 11) is 1.56. The first-order chi connectivity index (χ1) is 7.47. The fraction of sp³-hybridized carbons (Fsp3) is 0.462. The van der Waals surface area contributed by atoms with Crippen LogP contribution in [0.1, 0.15) is 43.9 Å². The van der Waals surface area contributed by atoms with Crippen LogP contribution in [0.4, 0.5) is 0 Å². The highest BCUT2D eigenvalue weighted by atomic mass is 16.5. The number of rotatable bonds is 4. The SMILES string of the molecule is COc1cc(C(C)C(C)=O)ccc1C(C)O. The summed E-state index contributed by atoms with van der Waals surface area (Å²) in [4.78, 5) is 11.3. The highest BCUT2D eigenvalue weighted by Crippen LogP contribution is 2.29. The highest BCUT2D eigenvalue weighted by Gasteiger charge is 2.14. The van der Waals surface area contributed by atoms with E-state index < -0.39 is 6.10 Å². The number of carbonyl (C=O) groups excluding carboxylic acids is 1. The molecular formula is C13H18O3. The van der Waals surface area contributed by atoms with Gasteiger partial charge in [0.2, 0.25) is 0 Å². The maximum atomic E-state index is 11.3. The number of ether oxygens (including phenoxy) is 1. The predicted molar refractivity (Wildman–Crippen MR) is 62.7 cm³/mol. The second-order valence-corrected chi connectivity index (χ2v) is 4.01. The lowest BCUT2D eigenvalue weighted by atomic mass is 9.95. The van der Waals surface area contributed by atoms with E-state index in [4.69, 9.17) is 4.74 Å². The van der Waals surface area contributed by atoms with Crippen LogP contribution in [-0.4, -0.2) is 18.0 Å². The van der Waals surface area contributed by atoms with Gasteiger partial charge in [0.05, 0.1) is 13.2 Å². The van der Waals surface area contributed by atoms with E-state index in [1.165, 1.54) is 0 Å². The number of Topliss-reactive ketones (excluding diaryl/α,β-unsaturated/α-hetero) is 1. The van der Waals surface area contributed by atoms with Crippen molar-refractivity contribution >= 4 is 5.78 Å². The Balaban J connectivity index is 3.13. The number of aliphatic hydroxyl groups is 1. The molecule has 0 heterocycles. The zero-order valence-electron chi connectivity index (χ0n) is 10.2. The van der Waals surface area contributed by atoms with Crippen molar-refractivity contribution in [2.24, 2.45) is 0 Å². The summed E-state index contributed by atoms with van der Waals surface area (Å²) in [5.41, 5.74) is 1.65. The Kier molecular flexibility index (Phi) is 4.07. The van der Waals surface area contributed by atoms with E-state index in [2.05, 4.69) is 0 Å². The minimum atomic E-state index is -0.573. The van der Waals surface area contributed by atoms with E-state index in [9.17, 15) is 9.90 Å². The second-order valence-electron chi connectivity index (χ2n) is 4.01. The summed E-state index contributed by atoms with van der Waals surface area (Å²) < 4.78 is 5.21. The van der Waals surface area contributed by atoms with Crippen molar-refractivity contribution in [1.29, 1.82) is 0 Å². The average molecular weight is 222 g/mol. The van der Waals surface area contributed by atoms with Gasteiger partial charge in [0.1, 0.15) is 11.5 Å². The first-order valence-corrected chi connectivity index (χ1v) is 5.33. The zero-order chi connectivity index (χ0) is 12.3. The van der Waals surface area contributed by atoms with Crippen LogP contribution in [0.5, 0.6) is 5.75 Å². The van der Waals surface area contributed by atoms with Gasteiger partial charge in [0.15, 0.2) is 0 Å². The molecule has 0 aliphatic carbocycles. The van der Waals surface area contributed by atoms with E-state index in [0.717, 1.165) is 11.1 Å². The van der Waals surface area contributed by atoms with E-state index in [1.54, 1.807) is 27.0 Å². The van der Waals surface area contributed by atoms with E-state index in [-0.39, 0.29) is 11.7 Å². The Morgan fingerprint density at radius 3 is 2.44 bits per heavy atom. The van der Waals surface area contributed by atoms with Gasteiger partial charge in [-0.05, 0) is 25.5 Å². The Hall–Kier alpha value is -1.35. The third-order valence-corrected chi connectivity index (χ3v) is 2.82. The largest absolute Gasteiger partial charge is 0.496 e. The van der Waals surface area contributed by atoms with Crippen LogP contribution in [-0.2, 0) is 4.79 Å². The van der Waals surface area contributed by atoms with Crippen LogP contribution < -0.4 is 4.74 Å². The third-order valence-electron chi connectivity index (χ3n) is 2.82. The van der Waals surface area contributed by atoms with Crippen molar-refractivity contribution < 1.29 is 14.6 Å². The Morgan fingerprint density at radius 2 is 2.00 bits per heavy atom. The highest BCUT2D eigenvalue weighted by molar-refractivity contribution is 5.83. The molecule has 0 saturated carbocycles. The monoisotopic (exact) mass is 222 g/mol. The minimum absolute atomic E-state index is 0.117. The molecule has 0 aliphatic rings. The molecule has 2 unspecified atom stereocenters. The van der Waals surface area contributed by atoms with Gasteiger partial charge < -0.3 is 9.84 Å². The van der Waals surface area contributed by atoms with Crippen LogP contribution in [0.15, 0.2) is 18.2 Å². The van der Waals surface area contributed by atoms with Gasteiger partial charge in [-0.3, -0.25) is 4.79 Å². The molecule has 1 N–H and O–H groups in total. The maximum Gasteiger partial charge on any atom is 0.136 e. The summed E-state index contributed by atoms with van der Waals surface area (Å²) in [6.07, 6.45) is -0.573. The van der Waals surface area contributed by atoms with Crippen molar-refractivity contribution in [1.82, 2.24) is 0 Å². The molecule has 2 atom stereocenters. The van der Waals surface area contributed by atoms with Crippen LogP contribution in [0.3, 0.4) is 0 Å². The van der Waals surface area contributed by atoms with Gasteiger partial charge in [-0.15, -0.1) is 0 Å². The van der Waals surface area contributed by atoms with E-state index in [1.807, 2.05) is 19.1 Å². The molecule has 88 valence electrons. The quantitative estimate of drug-likeness (QED) is 0.851. The van der Waals surface area contributed by atoms with Gasteiger partial charge in [0, 0.05) is 11.5 Å². The molecule has 0 bridgehead atoms. The van der Waals surface area contributed by atoms with Gasteiger partial charge in [-0.1, -0.05) is 19.1 Å². The van der Waals surface area contributed by atoms with Crippen LogP contribution in [0.25, 0.3) is 0 Å². The molecule has 16 heavy (non-hydrogen) atoms. The lowest BCUT2D eigenvalue weighted by Crippen LogP contribution is -2.05. The molecule has 0 spiro atoms. The van der Waals surface area contributed by atoms with Crippen molar-refractivity contribution in [2.45, 2.75) is 32.8 Å². The van der Waals surface area contributed by atoms with Crippen LogP contribution >= 0.6 is 0 Å². The number of benzene rings is 1. The molecule has 3 heteroatoms. The van der Waals surface area contributed by atoms with Crippen molar-refractivity contribution in [3.8, 4) is 5.75 Å². The summed E-state index contributed by atoms with van der Waals surface area (Å²) in [6.45, 7) is 5.12. The molecule has 0 saturated heterocycles. The van der Waals surface area contributed by atoms with Crippen LogP contribution in [0, 0.1) is 0 Å². The predicted octanol–water partition coefficient (Wildman–Crippen LogP) is 2.44. The fourth-order valence-corrected chi connectivity index (χ4v) is 1.58. The molecule has 0 amide bonds. The van der Waals surface area contributed by atoms with Gasteiger partial charge >= 0.3 is 0 Å². The lowest BCUT2D eigenvalue weighted by Gasteiger charge is -2.14. The second kappa shape index (κ2) is 5.12. The maximum absolute atomic E-state index is 11.3. The smallest absolute Gasteiger partial charge is 0.136 e. The summed E-state index contributed by atoms with van der Waals surface area (Å²) >= 11 is 0. The molecule has 3 nitrogen and oxygen atoms in total. The summed E-state index contributed by atoms with van der Waals surface area (Å²) in [5.74, 6) is 0.601. The standard InChI is InChI=1S/C13H18O3/c1-8(9(2)14)11-5-6-12(10(3)15)13(7-11)16-4/h5-8,10,15H,1-4H3. The first kappa shape index (κ1) is 12.7. The van der Waals surface area contributed by atoms with Crippen molar-refractivity contribution in [3.63, 3.8) is 0 Å². The zero-order valence-corrected chi connectivity index (χ0v) is 10.2. The summed E-state index contributed by atoms with van der Waals surface area (Å²) in [5, 5.41) is 9.53. The number of hydrogen-bond acceptors (Lipinski definition) is 3. The number of ketones is 1. The van der Waals surface area contributed by atoms with Crippen molar-refractivity contribution in [2.75, 3.05) is 7.11 Å². The molecular weight excluding hydrogens is 204 g/mol. The number of hydrogen-bond donors (Lipinski definition) is 1. The van der Waals surface area contributed by atoms with Gasteiger partial charge in [-0.25, -0.2) is 0 Å². The first-order valence-electron chi connectivity index (χ1n) is 5.33. The molecule has 0 aromatic heterocycles. The van der Waals surface area contributed by atoms with E-state index >= 15 is 0 Å². The summed E-state index contributed by atoms with van der Waals surface area (Å²) in [6, 6.07) is 5.48. The van der Waals surface area contributed by atoms with Crippen LogP contribution in [0.2, 0.25) is 0 Å². The van der Waals surface area contributed by atoms with Gasteiger partial charge in [0.25, 0.3) is 0 Å². The molecule has 1 aromatic carbocycles. The Bertz CT molecular complexity index is 383. The molecule has 0 fully saturated rings. The fourth-order valence-electron chi connectivity index (χ4n) is 1.58. The average Bonchev–Trinajstić information content (AvgIpc) is 2.26. The molecule has 1 aromatic rings. The van der Waals surface area contributed by atoms with Crippen molar-refractivity contribution in [3.05, 3.63) is 29.3 Å². The molecule has 0 radical (unpaired) electrons. The normalized spacial score (nSPS) is 14.3. The lowest BCUT2D eigenvalue weighted by molar-refractivity contribution is -0.118. The topological polar surface area (TPSA) is 46.5 Å². The van der Waals surface area contributed by atoms with E-state index in [0.29, 0.717) is 5.75 Å². The Morgan fingerprint density at radius 1 is 1.38 bits per heavy atom. The number of carbonyl (C=O) groups is 1. The molecule has 1 rings (SSSR count). The minimum Gasteiger partial charge on any atom is -0.496 e. The third kappa shape index (κ3) is 2.61. The number of methoxy groups -OCH3 is 1. The van der Waals surface area contributed by atoms with Gasteiger partial charge in [-0.2, -0.15) is 0 Å². The molecule has 0 aliphatic heterocycles.